The van der Waals surface area contributed by atoms with Crippen molar-refractivity contribution < 1.29 is 0 Å². The smallest absolute Gasteiger partial charge is 0.254 e. The molecule has 3 N–H and O–H groups in total. The molecule has 1 aliphatic rings. The Kier molecular flexibility index (Phi) is 3.59. The average molecular weight is 236 g/mol. The van der Waals surface area contributed by atoms with Crippen molar-refractivity contribution in [1.82, 2.24) is 14.9 Å². The third-order valence-electron chi connectivity index (χ3n) is 3.36. The number of rotatable bonds is 2. The Morgan fingerprint density at radius 1 is 1.41 bits per heavy atom. The van der Waals surface area contributed by atoms with Crippen molar-refractivity contribution in [2.24, 2.45) is 5.73 Å². The van der Waals surface area contributed by atoms with Crippen molar-refractivity contribution in [3.8, 4) is 0 Å². The second-order valence-corrected chi connectivity index (χ2v) is 4.77. The van der Waals surface area contributed by atoms with Crippen LogP contribution in [0.1, 0.15) is 30.9 Å². The maximum Gasteiger partial charge on any atom is 0.254 e. The zero-order chi connectivity index (χ0) is 12.4. The second-order valence-electron chi connectivity index (χ2n) is 4.77. The molecule has 0 aromatic carbocycles. The van der Waals surface area contributed by atoms with E-state index in [1.54, 1.807) is 0 Å². The minimum Gasteiger partial charge on any atom is -0.324 e. The van der Waals surface area contributed by atoms with Gasteiger partial charge in [-0.3, -0.25) is 4.79 Å². The molecule has 2 heterocycles. The fourth-order valence-corrected chi connectivity index (χ4v) is 2.29. The van der Waals surface area contributed by atoms with Crippen molar-refractivity contribution in [1.29, 1.82) is 0 Å². The molecular formula is C12H20N4O. The number of fused-ring (bicyclic) bond motifs is 1. The van der Waals surface area contributed by atoms with Gasteiger partial charge < -0.3 is 15.6 Å². The lowest BCUT2D eigenvalue weighted by Crippen LogP contribution is -2.33. The summed E-state index contributed by atoms with van der Waals surface area (Å²) in [6.45, 7) is 6.54. The van der Waals surface area contributed by atoms with E-state index in [1.165, 1.54) is 0 Å². The van der Waals surface area contributed by atoms with Crippen molar-refractivity contribution in [2.45, 2.75) is 39.3 Å². The molecule has 0 unspecified atom stereocenters. The predicted molar refractivity (Wildman–Crippen MR) is 66.9 cm³/mol. The van der Waals surface area contributed by atoms with Crippen LogP contribution in [0.4, 0.5) is 0 Å². The summed E-state index contributed by atoms with van der Waals surface area (Å²) in [4.78, 5) is 21.5. The monoisotopic (exact) mass is 236 g/mol. The van der Waals surface area contributed by atoms with E-state index in [9.17, 15) is 4.79 Å². The van der Waals surface area contributed by atoms with Gasteiger partial charge in [0.05, 0.1) is 12.2 Å². The van der Waals surface area contributed by atoms with Gasteiger partial charge in [-0.15, -0.1) is 0 Å². The Morgan fingerprint density at radius 3 is 2.76 bits per heavy atom. The Hall–Kier alpha value is -1.20. The number of aromatic nitrogens is 2. The average Bonchev–Trinajstić information content (AvgIpc) is 2.51. The van der Waals surface area contributed by atoms with Gasteiger partial charge in [-0.2, -0.15) is 0 Å². The summed E-state index contributed by atoms with van der Waals surface area (Å²) in [6.07, 6.45) is 1.62. The first kappa shape index (κ1) is 12.3. The Morgan fingerprint density at radius 2 is 2.12 bits per heavy atom. The topological polar surface area (TPSA) is 75.0 Å². The van der Waals surface area contributed by atoms with Crippen molar-refractivity contribution in [3.05, 3.63) is 27.4 Å². The Balaban J connectivity index is 2.31. The number of aromatic amines is 1. The number of nitrogens with zero attached hydrogens (tertiary/aromatic N) is 2. The largest absolute Gasteiger partial charge is 0.324 e. The standard InChI is InChI=1S/C12H20N4O/c1-8(2)16-5-3-9-10(4-6-16)14-11(7-13)15-12(9)17/h8H,3-7,13H2,1-2H3,(H,14,15,17). The minimum atomic E-state index is -0.0129. The SMILES string of the molecule is CC(C)N1CCc2nc(CN)[nH]c(=O)c2CC1. The third kappa shape index (κ3) is 2.56. The first-order valence-electron chi connectivity index (χ1n) is 6.17. The molecule has 1 aromatic heterocycles. The first-order valence-corrected chi connectivity index (χ1v) is 6.17. The van der Waals surface area contributed by atoms with Gasteiger partial charge >= 0.3 is 0 Å². The summed E-state index contributed by atoms with van der Waals surface area (Å²) >= 11 is 0. The van der Waals surface area contributed by atoms with Crippen LogP contribution in [-0.4, -0.2) is 34.0 Å². The van der Waals surface area contributed by atoms with E-state index in [-0.39, 0.29) is 12.1 Å². The molecule has 0 atom stereocenters. The highest BCUT2D eigenvalue weighted by Crippen LogP contribution is 2.12. The molecule has 5 heteroatoms. The van der Waals surface area contributed by atoms with Gasteiger partial charge in [-0.05, 0) is 20.3 Å². The van der Waals surface area contributed by atoms with Gasteiger partial charge in [-0.1, -0.05) is 0 Å². The van der Waals surface area contributed by atoms with Gasteiger partial charge in [0.15, 0.2) is 0 Å². The van der Waals surface area contributed by atoms with E-state index >= 15 is 0 Å². The zero-order valence-electron chi connectivity index (χ0n) is 10.5. The molecule has 0 radical (unpaired) electrons. The Bertz CT molecular complexity index is 452. The fraction of sp³-hybridized carbons (Fsp3) is 0.667. The van der Waals surface area contributed by atoms with Crippen LogP contribution >= 0.6 is 0 Å². The summed E-state index contributed by atoms with van der Waals surface area (Å²) in [5.41, 5.74) is 7.28. The van der Waals surface area contributed by atoms with Crippen LogP contribution in [0, 0.1) is 0 Å². The highest BCUT2D eigenvalue weighted by molar-refractivity contribution is 5.20. The predicted octanol–water partition coefficient (Wildman–Crippen LogP) is 0.0376. The van der Waals surface area contributed by atoms with E-state index in [0.717, 1.165) is 37.2 Å². The van der Waals surface area contributed by atoms with Gasteiger partial charge in [0.2, 0.25) is 0 Å². The van der Waals surface area contributed by atoms with Gasteiger partial charge in [0.25, 0.3) is 5.56 Å². The first-order chi connectivity index (χ1) is 8.11. The number of nitrogens with two attached hydrogens (primary N) is 1. The van der Waals surface area contributed by atoms with E-state index in [1.807, 2.05) is 0 Å². The summed E-state index contributed by atoms with van der Waals surface area (Å²) in [6, 6.07) is 0.511. The molecular weight excluding hydrogens is 216 g/mol. The van der Waals surface area contributed by atoms with Crippen LogP contribution in [-0.2, 0) is 19.4 Å². The van der Waals surface area contributed by atoms with Crippen molar-refractivity contribution in [2.75, 3.05) is 13.1 Å². The fourth-order valence-electron chi connectivity index (χ4n) is 2.29. The van der Waals surface area contributed by atoms with Gasteiger partial charge in [0.1, 0.15) is 5.82 Å². The summed E-state index contributed by atoms with van der Waals surface area (Å²) in [5.74, 6) is 0.590. The number of H-pyrrole nitrogens is 1. The number of hydrogen-bond donors (Lipinski definition) is 2. The van der Waals surface area contributed by atoms with Crippen LogP contribution in [0.3, 0.4) is 0 Å². The molecule has 1 aromatic rings. The van der Waals surface area contributed by atoms with E-state index in [2.05, 4.69) is 28.7 Å². The van der Waals surface area contributed by atoms with E-state index in [4.69, 9.17) is 5.73 Å². The maximum atomic E-state index is 11.9. The Labute approximate surface area is 101 Å². The second kappa shape index (κ2) is 4.98. The molecule has 0 saturated heterocycles. The summed E-state index contributed by atoms with van der Waals surface area (Å²) in [7, 11) is 0. The van der Waals surface area contributed by atoms with Crippen LogP contribution < -0.4 is 11.3 Å². The molecule has 0 amide bonds. The molecule has 1 aliphatic heterocycles. The molecule has 0 bridgehead atoms. The molecule has 0 saturated carbocycles. The summed E-state index contributed by atoms with van der Waals surface area (Å²) < 4.78 is 0. The molecule has 0 spiro atoms. The lowest BCUT2D eigenvalue weighted by Gasteiger charge is -2.23. The maximum absolute atomic E-state index is 11.9. The molecule has 0 fully saturated rings. The van der Waals surface area contributed by atoms with Crippen molar-refractivity contribution in [3.63, 3.8) is 0 Å². The van der Waals surface area contributed by atoms with Crippen LogP contribution in [0.5, 0.6) is 0 Å². The molecule has 2 rings (SSSR count). The van der Waals surface area contributed by atoms with Crippen LogP contribution in [0.2, 0.25) is 0 Å². The van der Waals surface area contributed by atoms with E-state index in [0.29, 0.717) is 11.9 Å². The van der Waals surface area contributed by atoms with E-state index < -0.39 is 0 Å². The number of nitrogens with one attached hydrogen (secondary N) is 1. The molecule has 17 heavy (non-hydrogen) atoms. The summed E-state index contributed by atoms with van der Waals surface area (Å²) in [5, 5.41) is 0. The van der Waals surface area contributed by atoms with Crippen LogP contribution in [0.15, 0.2) is 4.79 Å². The van der Waals surface area contributed by atoms with Gasteiger partial charge in [-0.25, -0.2) is 4.98 Å². The highest BCUT2D eigenvalue weighted by Gasteiger charge is 2.19. The highest BCUT2D eigenvalue weighted by atomic mass is 16.1. The lowest BCUT2D eigenvalue weighted by atomic mass is 10.1. The van der Waals surface area contributed by atoms with Crippen LogP contribution in [0.25, 0.3) is 0 Å². The molecule has 5 nitrogen and oxygen atoms in total. The van der Waals surface area contributed by atoms with Crippen molar-refractivity contribution >= 4 is 0 Å². The third-order valence-corrected chi connectivity index (χ3v) is 3.36. The van der Waals surface area contributed by atoms with Gasteiger partial charge in [0, 0.05) is 31.1 Å². The molecule has 0 aliphatic carbocycles. The number of hydrogen-bond acceptors (Lipinski definition) is 4. The zero-order valence-corrected chi connectivity index (χ0v) is 10.5. The quantitative estimate of drug-likeness (QED) is 0.760. The lowest BCUT2D eigenvalue weighted by molar-refractivity contribution is 0.232. The molecule has 94 valence electrons. The minimum absolute atomic E-state index is 0.0129. The normalized spacial score (nSPS) is 16.9.